The molecule has 8 heteroatoms. The lowest BCUT2D eigenvalue weighted by molar-refractivity contribution is -0.137. The first kappa shape index (κ1) is 22.0. The largest absolute Gasteiger partial charge is 0.447 e. The summed E-state index contributed by atoms with van der Waals surface area (Å²) < 4.78 is 46.2. The number of esters is 1. The highest BCUT2D eigenvalue weighted by Crippen LogP contribution is 2.33. The molecule has 0 aliphatic carbocycles. The van der Waals surface area contributed by atoms with Crippen molar-refractivity contribution in [1.29, 1.82) is 0 Å². The molecule has 3 aromatic carbocycles. The lowest BCUT2D eigenvalue weighted by Crippen LogP contribution is -2.17. The van der Waals surface area contributed by atoms with Gasteiger partial charge in [0.1, 0.15) is 12.7 Å². The Morgan fingerprint density at radius 1 is 0.909 bits per heavy atom. The number of hydrogen-bond donors (Lipinski definition) is 0. The van der Waals surface area contributed by atoms with Gasteiger partial charge in [0.25, 0.3) is 0 Å². The Bertz CT molecular complexity index is 1220. The molecule has 0 bridgehead atoms. The summed E-state index contributed by atoms with van der Waals surface area (Å²) in [5.41, 5.74) is 1.16. The summed E-state index contributed by atoms with van der Waals surface area (Å²) in [6.45, 7) is 0. The van der Waals surface area contributed by atoms with E-state index < -0.39 is 23.8 Å². The van der Waals surface area contributed by atoms with Crippen LogP contribution >= 0.6 is 0 Å². The number of halogens is 3. The summed E-state index contributed by atoms with van der Waals surface area (Å²) in [6.07, 6.45) is -0.966. The van der Waals surface area contributed by atoms with E-state index in [4.69, 9.17) is 4.74 Å². The number of carbonyl (C=O) groups is 1. The number of carbonyl (C=O) groups excluding carboxylic acids is 1. The van der Waals surface area contributed by atoms with Crippen LogP contribution in [-0.2, 0) is 10.9 Å². The van der Waals surface area contributed by atoms with Crippen molar-refractivity contribution < 1.29 is 22.7 Å². The molecular weight excluding hydrogens is 431 g/mol. The fourth-order valence-corrected chi connectivity index (χ4v) is 3.22. The summed E-state index contributed by atoms with van der Waals surface area (Å²) in [5, 5.41) is 4.16. The Morgan fingerprint density at radius 2 is 1.55 bits per heavy atom. The van der Waals surface area contributed by atoms with Gasteiger partial charge in [-0.25, -0.2) is 14.5 Å². The molecule has 0 spiro atoms. The summed E-state index contributed by atoms with van der Waals surface area (Å²) >= 11 is 0. The Morgan fingerprint density at radius 3 is 2.12 bits per heavy atom. The molecule has 1 heterocycles. The van der Waals surface area contributed by atoms with Gasteiger partial charge in [-0.05, 0) is 41.5 Å². The molecule has 0 aliphatic heterocycles. The molecule has 1 unspecified atom stereocenters. The van der Waals surface area contributed by atoms with Gasteiger partial charge in [0.05, 0.1) is 16.8 Å². The zero-order chi connectivity index (χ0) is 23.3. The van der Waals surface area contributed by atoms with E-state index in [0.29, 0.717) is 22.4 Å². The van der Waals surface area contributed by atoms with Crippen LogP contribution in [0.25, 0.3) is 11.8 Å². The van der Waals surface area contributed by atoms with Gasteiger partial charge in [-0.1, -0.05) is 60.7 Å². The van der Waals surface area contributed by atoms with Gasteiger partial charge in [-0.3, -0.25) is 0 Å². The molecule has 0 N–H and O–H groups in total. The molecule has 0 radical (unpaired) electrons. The highest BCUT2D eigenvalue weighted by atomic mass is 19.4. The Labute approximate surface area is 187 Å². The predicted octanol–water partition coefficient (Wildman–Crippen LogP) is 5.89. The van der Waals surface area contributed by atoms with E-state index in [1.54, 1.807) is 60.7 Å². The Balaban J connectivity index is 1.78. The van der Waals surface area contributed by atoms with Gasteiger partial charge in [-0.15, -0.1) is 0 Å². The average Bonchev–Trinajstić information content (AvgIpc) is 3.37. The number of rotatable bonds is 6. The van der Waals surface area contributed by atoms with Crippen LogP contribution in [-0.4, -0.2) is 20.7 Å². The first-order chi connectivity index (χ1) is 15.9. The van der Waals surface area contributed by atoms with Crippen LogP contribution in [0, 0.1) is 0 Å². The normalized spacial score (nSPS) is 12.9. The standard InChI is InChI=1S/C25H18F3N3O2/c26-25(27,28)21-13-11-18(12-14-21)15-22(31-17-29-16-30-31)23(19-7-3-1-4-8-19)33-24(32)20-9-5-2-6-10-20/h1-17,23H. The molecule has 1 aromatic heterocycles. The first-order valence-electron chi connectivity index (χ1n) is 9.96. The fraction of sp³-hybridized carbons (Fsp3) is 0.0800. The van der Waals surface area contributed by atoms with Crippen molar-refractivity contribution in [3.63, 3.8) is 0 Å². The van der Waals surface area contributed by atoms with E-state index in [-0.39, 0.29) is 0 Å². The fourth-order valence-electron chi connectivity index (χ4n) is 3.22. The van der Waals surface area contributed by atoms with Crippen LogP contribution in [0.15, 0.2) is 97.6 Å². The number of nitrogens with zero attached hydrogens (tertiary/aromatic N) is 3. The number of ether oxygens (including phenoxy) is 1. The second-order valence-corrected chi connectivity index (χ2v) is 7.09. The van der Waals surface area contributed by atoms with E-state index in [0.717, 1.165) is 12.1 Å². The molecule has 0 fully saturated rings. The Hall–Kier alpha value is -4.20. The molecule has 0 saturated heterocycles. The lowest BCUT2D eigenvalue weighted by atomic mass is 10.0. The summed E-state index contributed by atoms with van der Waals surface area (Å²) in [6, 6.07) is 22.2. The topological polar surface area (TPSA) is 57.0 Å². The summed E-state index contributed by atoms with van der Waals surface area (Å²) in [5.74, 6) is -0.553. The highest BCUT2D eigenvalue weighted by Gasteiger charge is 2.30. The molecule has 4 rings (SSSR count). The van der Waals surface area contributed by atoms with Gasteiger partial charge in [0, 0.05) is 0 Å². The zero-order valence-electron chi connectivity index (χ0n) is 17.2. The maximum atomic E-state index is 13.0. The summed E-state index contributed by atoms with van der Waals surface area (Å²) in [4.78, 5) is 16.9. The van der Waals surface area contributed by atoms with Crippen molar-refractivity contribution in [3.05, 3.63) is 120 Å². The van der Waals surface area contributed by atoms with Crippen molar-refractivity contribution in [2.75, 3.05) is 0 Å². The lowest BCUT2D eigenvalue weighted by Gasteiger charge is -2.22. The monoisotopic (exact) mass is 449 g/mol. The van der Waals surface area contributed by atoms with Gasteiger partial charge in [-0.2, -0.15) is 18.3 Å². The molecule has 166 valence electrons. The first-order valence-corrected chi connectivity index (χ1v) is 9.96. The zero-order valence-corrected chi connectivity index (χ0v) is 17.2. The maximum absolute atomic E-state index is 13.0. The molecular formula is C25H18F3N3O2. The van der Waals surface area contributed by atoms with E-state index in [1.165, 1.54) is 29.5 Å². The van der Waals surface area contributed by atoms with Crippen LogP contribution < -0.4 is 0 Å². The van der Waals surface area contributed by atoms with Crippen molar-refractivity contribution in [2.24, 2.45) is 0 Å². The number of benzene rings is 3. The molecule has 33 heavy (non-hydrogen) atoms. The molecule has 1 atom stereocenters. The SMILES string of the molecule is O=C(OC(C(=Cc1ccc(C(F)(F)F)cc1)n1cncn1)c1ccccc1)c1ccccc1. The van der Waals surface area contributed by atoms with Crippen LogP contribution in [0.5, 0.6) is 0 Å². The minimum atomic E-state index is -4.44. The van der Waals surface area contributed by atoms with E-state index in [1.807, 2.05) is 6.07 Å². The van der Waals surface area contributed by atoms with Crippen LogP contribution in [0.3, 0.4) is 0 Å². The number of alkyl halides is 3. The van der Waals surface area contributed by atoms with Crippen molar-refractivity contribution in [2.45, 2.75) is 12.3 Å². The quantitative estimate of drug-likeness (QED) is 0.344. The summed E-state index contributed by atoms with van der Waals surface area (Å²) in [7, 11) is 0. The third-order valence-corrected chi connectivity index (χ3v) is 4.84. The number of aromatic nitrogens is 3. The average molecular weight is 449 g/mol. The third kappa shape index (κ3) is 5.35. The molecule has 5 nitrogen and oxygen atoms in total. The molecule has 0 amide bonds. The smallest absolute Gasteiger partial charge is 0.416 e. The maximum Gasteiger partial charge on any atom is 0.416 e. The molecule has 0 saturated carbocycles. The van der Waals surface area contributed by atoms with E-state index in [9.17, 15) is 18.0 Å². The van der Waals surface area contributed by atoms with Gasteiger partial charge < -0.3 is 4.74 Å². The van der Waals surface area contributed by atoms with Gasteiger partial charge >= 0.3 is 12.1 Å². The minimum absolute atomic E-state index is 0.367. The number of hydrogen-bond acceptors (Lipinski definition) is 4. The van der Waals surface area contributed by atoms with Crippen molar-refractivity contribution >= 4 is 17.7 Å². The molecule has 0 aliphatic rings. The van der Waals surface area contributed by atoms with Gasteiger partial charge in [0.15, 0.2) is 6.10 Å². The van der Waals surface area contributed by atoms with Crippen LogP contribution in [0.4, 0.5) is 13.2 Å². The van der Waals surface area contributed by atoms with E-state index >= 15 is 0 Å². The molecule has 4 aromatic rings. The second-order valence-electron chi connectivity index (χ2n) is 7.09. The van der Waals surface area contributed by atoms with Crippen LogP contribution in [0.1, 0.15) is 33.2 Å². The Kier molecular flexibility index (Phi) is 6.35. The second kappa shape index (κ2) is 9.52. The van der Waals surface area contributed by atoms with Crippen LogP contribution in [0.2, 0.25) is 0 Å². The van der Waals surface area contributed by atoms with Gasteiger partial charge in [0.2, 0.25) is 0 Å². The minimum Gasteiger partial charge on any atom is -0.447 e. The van der Waals surface area contributed by atoms with Crippen molar-refractivity contribution in [1.82, 2.24) is 14.8 Å². The third-order valence-electron chi connectivity index (χ3n) is 4.84. The van der Waals surface area contributed by atoms with E-state index in [2.05, 4.69) is 10.1 Å². The highest BCUT2D eigenvalue weighted by molar-refractivity contribution is 5.90. The predicted molar refractivity (Wildman–Crippen MR) is 117 cm³/mol. The van der Waals surface area contributed by atoms with Crippen molar-refractivity contribution in [3.8, 4) is 0 Å².